The van der Waals surface area contributed by atoms with Gasteiger partial charge in [-0.2, -0.15) is 0 Å². The number of allylic oxidation sites excluding steroid dienone is 6. The van der Waals surface area contributed by atoms with Gasteiger partial charge in [-0.05, 0) is 56.5 Å². The van der Waals surface area contributed by atoms with Crippen LogP contribution in [0.4, 0.5) is 0 Å². The van der Waals surface area contributed by atoms with E-state index in [1.807, 2.05) is 50.4 Å². The van der Waals surface area contributed by atoms with E-state index >= 15 is 0 Å². The van der Waals surface area contributed by atoms with Crippen molar-refractivity contribution in [1.29, 1.82) is 0 Å². The van der Waals surface area contributed by atoms with Gasteiger partial charge in [0.15, 0.2) is 0 Å². The van der Waals surface area contributed by atoms with E-state index in [1.54, 1.807) is 0 Å². The van der Waals surface area contributed by atoms with Crippen LogP contribution in [0.1, 0.15) is 46.1 Å². The molecule has 0 saturated heterocycles. The molecule has 1 nitrogen and oxygen atoms in total. The minimum atomic E-state index is 0.777. The summed E-state index contributed by atoms with van der Waals surface area (Å²) in [6.07, 6.45) is 4.04. The lowest BCUT2D eigenvalue weighted by Crippen LogP contribution is -2.06. The summed E-state index contributed by atoms with van der Waals surface area (Å²) < 4.78 is 0. The zero-order valence-electron chi connectivity index (χ0n) is 16.2. The molecule has 0 aliphatic rings. The summed E-state index contributed by atoms with van der Waals surface area (Å²) in [6, 6.07) is 9.95. The van der Waals surface area contributed by atoms with Crippen molar-refractivity contribution < 1.29 is 0 Å². The molecule has 0 fully saturated rings. The van der Waals surface area contributed by atoms with Crippen molar-refractivity contribution in [2.75, 3.05) is 7.05 Å². The van der Waals surface area contributed by atoms with Gasteiger partial charge in [-0.25, -0.2) is 0 Å². The quantitative estimate of drug-likeness (QED) is 0.329. The number of rotatable bonds is 6. The van der Waals surface area contributed by atoms with Crippen LogP contribution in [-0.2, 0) is 0 Å². The lowest BCUT2D eigenvalue weighted by atomic mass is 9.89. The van der Waals surface area contributed by atoms with Crippen molar-refractivity contribution in [2.24, 2.45) is 4.99 Å². The Labute approximate surface area is 153 Å². The normalized spacial score (nSPS) is 11.4. The summed E-state index contributed by atoms with van der Waals surface area (Å²) in [5.41, 5.74) is 7.33. The van der Waals surface area contributed by atoms with Crippen molar-refractivity contribution in [1.82, 2.24) is 0 Å². The molecular formula is C24H29N. The monoisotopic (exact) mass is 331 g/mol. The van der Waals surface area contributed by atoms with E-state index in [-0.39, 0.29) is 0 Å². The van der Waals surface area contributed by atoms with Gasteiger partial charge in [0.25, 0.3) is 0 Å². The summed E-state index contributed by atoms with van der Waals surface area (Å²) >= 11 is 0. The van der Waals surface area contributed by atoms with Crippen molar-refractivity contribution in [3.8, 4) is 11.8 Å². The molecule has 0 spiro atoms. The van der Waals surface area contributed by atoms with E-state index in [0.29, 0.717) is 0 Å². The molecule has 0 unspecified atom stereocenters. The van der Waals surface area contributed by atoms with Crippen molar-refractivity contribution in [3.05, 3.63) is 83.0 Å². The molecule has 0 amide bonds. The number of aliphatic imine (C=N–C) groups is 1. The fourth-order valence-electron chi connectivity index (χ4n) is 2.61. The Morgan fingerprint density at radius 3 is 2.28 bits per heavy atom. The van der Waals surface area contributed by atoms with Gasteiger partial charge in [-0.1, -0.05) is 62.1 Å². The van der Waals surface area contributed by atoms with Crippen LogP contribution >= 0.6 is 0 Å². The largest absolute Gasteiger partial charge is 0.293 e. The second-order valence-corrected chi connectivity index (χ2v) is 6.24. The van der Waals surface area contributed by atoms with Crippen molar-refractivity contribution in [3.63, 3.8) is 0 Å². The first-order chi connectivity index (χ1) is 11.9. The molecule has 0 aromatic heterocycles. The van der Waals surface area contributed by atoms with Gasteiger partial charge >= 0.3 is 0 Å². The van der Waals surface area contributed by atoms with E-state index in [4.69, 9.17) is 0 Å². The molecule has 0 aliphatic carbocycles. The maximum atomic E-state index is 4.39. The van der Waals surface area contributed by atoms with Gasteiger partial charge < -0.3 is 0 Å². The molecule has 1 heteroatoms. The van der Waals surface area contributed by atoms with Crippen LogP contribution in [-0.4, -0.2) is 12.8 Å². The number of nitrogens with zero attached hydrogens (tertiary/aromatic N) is 1. The molecule has 0 saturated carbocycles. The van der Waals surface area contributed by atoms with Gasteiger partial charge in [-0.3, -0.25) is 4.99 Å². The standard InChI is InChI=1S/C24H29N/c1-8-12-20(5)23(24(18(2)3)21(6)25-7)17-19(4)15-16-22-13-10-9-11-14-22/h9-11,13-14,17H,4-5,8,12H2,1-3,6-7H3/b23-17-,25-21?. The van der Waals surface area contributed by atoms with E-state index in [0.717, 1.165) is 46.4 Å². The Kier molecular flexibility index (Phi) is 8.44. The first kappa shape index (κ1) is 20.5. The van der Waals surface area contributed by atoms with Gasteiger partial charge in [0.05, 0.1) is 0 Å². The predicted octanol–water partition coefficient (Wildman–Crippen LogP) is 6.30. The molecule has 0 radical (unpaired) electrons. The fraction of sp³-hybridized carbons (Fsp3) is 0.292. The smallest absolute Gasteiger partial charge is 0.0391 e. The van der Waals surface area contributed by atoms with Crippen molar-refractivity contribution >= 4 is 5.71 Å². The highest BCUT2D eigenvalue weighted by molar-refractivity contribution is 6.04. The number of hydrogen-bond donors (Lipinski definition) is 0. The molecule has 0 heterocycles. The molecule has 25 heavy (non-hydrogen) atoms. The Bertz CT molecular complexity index is 770. The molecule has 1 aromatic carbocycles. The third-order valence-corrected chi connectivity index (χ3v) is 3.86. The topological polar surface area (TPSA) is 12.4 Å². The molecular weight excluding hydrogens is 302 g/mol. The van der Waals surface area contributed by atoms with E-state index in [2.05, 4.69) is 50.8 Å². The second-order valence-electron chi connectivity index (χ2n) is 6.24. The third-order valence-electron chi connectivity index (χ3n) is 3.86. The zero-order valence-corrected chi connectivity index (χ0v) is 16.2. The lowest BCUT2D eigenvalue weighted by Gasteiger charge is -2.17. The van der Waals surface area contributed by atoms with Gasteiger partial charge in [0.1, 0.15) is 0 Å². The van der Waals surface area contributed by atoms with E-state index in [1.165, 1.54) is 5.57 Å². The SMILES string of the molecule is C=C(C#Cc1ccccc1)/C=C(/C(=C)CCC)C(C(C)=NC)=C(C)C. The van der Waals surface area contributed by atoms with Crippen LogP contribution in [0.15, 0.2) is 82.4 Å². The minimum absolute atomic E-state index is 0.777. The van der Waals surface area contributed by atoms with E-state index in [9.17, 15) is 0 Å². The van der Waals surface area contributed by atoms with Crippen molar-refractivity contribution in [2.45, 2.75) is 40.5 Å². The van der Waals surface area contributed by atoms with Gasteiger partial charge in [-0.15, -0.1) is 0 Å². The molecule has 130 valence electrons. The second kappa shape index (κ2) is 10.3. The summed E-state index contributed by atoms with van der Waals surface area (Å²) in [7, 11) is 1.82. The van der Waals surface area contributed by atoms with Gasteiger partial charge in [0.2, 0.25) is 0 Å². The average molecular weight is 332 g/mol. The Balaban J connectivity index is 3.30. The highest BCUT2D eigenvalue weighted by Gasteiger charge is 2.13. The first-order valence-electron chi connectivity index (χ1n) is 8.68. The van der Waals surface area contributed by atoms with Crippen LogP contribution < -0.4 is 0 Å². The maximum Gasteiger partial charge on any atom is 0.0391 e. The first-order valence-corrected chi connectivity index (χ1v) is 8.68. The van der Waals surface area contributed by atoms with E-state index < -0.39 is 0 Å². The van der Waals surface area contributed by atoms with Gasteiger partial charge in [0, 0.05) is 29.5 Å². The number of hydrogen-bond acceptors (Lipinski definition) is 1. The van der Waals surface area contributed by atoms with Crippen LogP contribution in [0.5, 0.6) is 0 Å². The summed E-state index contributed by atoms with van der Waals surface area (Å²) in [4.78, 5) is 4.39. The molecule has 0 atom stereocenters. The van der Waals surface area contributed by atoms with Crippen LogP contribution in [0.2, 0.25) is 0 Å². The highest BCUT2D eigenvalue weighted by Crippen LogP contribution is 2.27. The Morgan fingerprint density at radius 1 is 1.12 bits per heavy atom. The lowest BCUT2D eigenvalue weighted by molar-refractivity contribution is 0.918. The predicted molar refractivity (Wildman–Crippen MR) is 112 cm³/mol. The molecule has 0 bridgehead atoms. The molecule has 1 aromatic rings. The maximum absolute atomic E-state index is 4.39. The van der Waals surface area contributed by atoms with Crippen LogP contribution in [0.3, 0.4) is 0 Å². The molecule has 0 aliphatic heterocycles. The summed E-state index contributed by atoms with van der Waals surface area (Å²) in [5.74, 6) is 6.31. The highest BCUT2D eigenvalue weighted by atomic mass is 14.7. The fourth-order valence-corrected chi connectivity index (χ4v) is 2.61. The third kappa shape index (κ3) is 6.43. The van der Waals surface area contributed by atoms with Crippen LogP contribution in [0.25, 0.3) is 0 Å². The summed E-state index contributed by atoms with van der Waals surface area (Å²) in [5, 5.41) is 0. The average Bonchev–Trinajstić information content (AvgIpc) is 2.60. The zero-order chi connectivity index (χ0) is 18.8. The molecule has 0 N–H and O–H groups in total. The molecule has 1 rings (SSSR count). The Hall–Kier alpha value is -2.59. The minimum Gasteiger partial charge on any atom is -0.293 e. The Morgan fingerprint density at radius 2 is 1.76 bits per heavy atom. The summed E-state index contributed by atoms with van der Waals surface area (Å²) in [6.45, 7) is 16.8. The number of benzene rings is 1. The van der Waals surface area contributed by atoms with Crippen LogP contribution in [0, 0.1) is 11.8 Å².